The van der Waals surface area contributed by atoms with Gasteiger partial charge in [0.1, 0.15) is 15.7 Å². The number of likely N-dealkylation sites (tertiary alicyclic amines) is 2. The van der Waals surface area contributed by atoms with E-state index in [1.54, 1.807) is 32.0 Å². The molecule has 0 bridgehead atoms. The molecule has 1 aromatic heterocycles. The van der Waals surface area contributed by atoms with Crippen LogP contribution in [-0.2, 0) is 4.79 Å². The summed E-state index contributed by atoms with van der Waals surface area (Å²) in [4.78, 5) is 34.7. The van der Waals surface area contributed by atoms with E-state index in [2.05, 4.69) is 11.9 Å². The maximum atomic E-state index is 14.2. The molecule has 3 heterocycles. The molecule has 0 aliphatic carbocycles. The second kappa shape index (κ2) is 7.52. The molecular weight excluding hydrogens is 389 g/mol. The summed E-state index contributed by atoms with van der Waals surface area (Å²) < 4.78 is 14.2. The molecule has 2 fully saturated rings. The SMILES string of the molecule is CC(=O)N1CCC[C@@H]2N(C(=O)c3sc(-c4ccccc4F)nc3C)CCC[C@@]21C. The van der Waals surface area contributed by atoms with E-state index in [1.165, 1.54) is 17.4 Å². The maximum Gasteiger partial charge on any atom is 0.266 e. The highest BCUT2D eigenvalue weighted by Crippen LogP contribution is 2.40. The summed E-state index contributed by atoms with van der Waals surface area (Å²) in [5.41, 5.74) is 0.721. The third kappa shape index (κ3) is 3.35. The number of benzene rings is 1. The van der Waals surface area contributed by atoms with Gasteiger partial charge in [0.15, 0.2) is 0 Å². The summed E-state index contributed by atoms with van der Waals surface area (Å²) in [7, 11) is 0. The van der Waals surface area contributed by atoms with E-state index >= 15 is 0 Å². The van der Waals surface area contributed by atoms with Crippen LogP contribution in [0, 0.1) is 12.7 Å². The molecule has 2 amide bonds. The normalized spacial score (nSPS) is 24.3. The van der Waals surface area contributed by atoms with Crippen molar-refractivity contribution in [1.29, 1.82) is 0 Å². The van der Waals surface area contributed by atoms with Crippen molar-refractivity contribution in [2.45, 2.75) is 58.0 Å². The zero-order chi connectivity index (χ0) is 20.8. The number of hydrogen-bond acceptors (Lipinski definition) is 4. The number of rotatable bonds is 2. The first-order valence-electron chi connectivity index (χ1n) is 10.1. The fourth-order valence-electron chi connectivity index (χ4n) is 4.98. The molecule has 1 aromatic carbocycles. The molecule has 2 aliphatic rings. The van der Waals surface area contributed by atoms with E-state index in [-0.39, 0.29) is 29.2 Å². The van der Waals surface area contributed by atoms with E-state index in [0.29, 0.717) is 27.7 Å². The van der Waals surface area contributed by atoms with Gasteiger partial charge in [-0.2, -0.15) is 0 Å². The molecule has 2 aliphatic heterocycles. The molecule has 154 valence electrons. The van der Waals surface area contributed by atoms with Crippen LogP contribution < -0.4 is 0 Å². The predicted molar refractivity (Wildman–Crippen MR) is 111 cm³/mol. The summed E-state index contributed by atoms with van der Waals surface area (Å²) in [6.45, 7) is 6.96. The van der Waals surface area contributed by atoms with E-state index in [9.17, 15) is 14.0 Å². The lowest BCUT2D eigenvalue weighted by atomic mass is 9.76. The number of carbonyl (C=O) groups excluding carboxylic acids is 2. The first kappa shape index (κ1) is 20.0. The predicted octanol–water partition coefficient (Wildman–Crippen LogP) is 4.26. The molecule has 0 unspecified atom stereocenters. The number of amides is 2. The number of aryl methyl sites for hydroxylation is 1. The Balaban J connectivity index is 1.66. The zero-order valence-corrected chi connectivity index (χ0v) is 17.9. The van der Waals surface area contributed by atoms with Crippen molar-refractivity contribution in [3.8, 4) is 10.6 Å². The largest absolute Gasteiger partial charge is 0.335 e. The Morgan fingerprint density at radius 1 is 1.24 bits per heavy atom. The molecule has 2 atom stereocenters. The second-order valence-corrected chi connectivity index (χ2v) is 9.20. The Bertz CT molecular complexity index is 959. The molecule has 7 heteroatoms. The van der Waals surface area contributed by atoms with Crippen LogP contribution in [0.3, 0.4) is 0 Å². The minimum absolute atomic E-state index is 0.000175. The number of aromatic nitrogens is 1. The fourth-order valence-corrected chi connectivity index (χ4v) is 6.03. The van der Waals surface area contributed by atoms with Crippen LogP contribution in [0.1, 0.15) is 54.9 Å². The minimum atomic E-state index is -0.338. The Kier molecular flexibility index (Phi) is 5.19. The third-order valence-electron chi connectivity index (χ3n) is 6.39. The van der Waals surface area contributed by atoms with Crippen LogP contribution in [-0.4, -0.2) is 51.3 Å². The molecule has 2 aromatic rings. The minimum Gasteiger partial charge on any atom is -0.335 e. The van der Waals surface area contributed by atoms with Gasteiger partial charge < -0.3 is 9.80 Å². The molecule has 0 saturated carbocycles. The maximum absolute atomic E-state index is 14.2. The summed E-state index contributed by atoms with van der Waals surface area (Å²) in [6.07, 6.45) is 3.56. The number of halogens is 1. The zero-order valence-electron chi connectivity index (χ0n) is 17.1. The van der Waals surface area contributed by atoms with Gasteiger partial charge >= 0.3 is 0 Å². The monoisotopic (exact) mass is 415 g/mol. The van der Waals surface area contributed by atoms with E-state index in [1.807, 2.05) is 9.80 Å². The van der Waals surface area contributed by atoms with Crippen LogP contribution in [0.25, 0.3) is 10.6 Å². The number of thiazole rings is 1. The second-order valence-electron chi connectivity index (χ2n) is 8.20. The lowest BCUT2D eigenvalue weighted by Crippen LogP contribution is -2.67. The number of piperidine rings is 2. The number of hydrogen-bond donors (Lipinski definition) is 0. The van der Waals surface area contributed by atoms with Crippen molar-refractivity contribution >= 4 is 23.2 Å². The highest BCUT2D eigenvalue weighted by Gasteiger charge is 2.49. The molecule has 2 saturated heterocycles. The molecule has 0 spiro atoms. The van der Waals surface area contributed by atoms with Crippen molar-refractivity contribution in [3.63, 3.8) is 0 Å². The van der Waals surface area contributed by atoms with E-state index < -0.39 is 0 Å². The van der Waals surface area contributed by atoms with Gasteiger partial charge in [0.05, 0.1) is 17.3 Å². The first-order valence-corrected chi connectivity index (χ1v) is 11.0. The smallest absolute Gasteiger partial charge is 0.266 e. The first-order chi connectivity index (χ1) is 13.8. The molecule has 0 radical (unpaired) electrons. The average Bonchev–Trinajstić information content (AvgIpc) is 3.07. The molecule has 29 heavy (non-hydrogen) atoms. The summed E-state index contributed by atoms with van der Waals surface area (Å²) in [6, 6.07) is 6.50. The Hall–Kier alpha value is -2.28. The van der Waals surface area contributed by atoms with Crippen LogP contribution in [0.15, 0.2) is 24.3 Å². The Labute approximate surface area is 174 Å². The number of fused-ring (bicyclic) bond motifs is 1. The molecule has 4 rings (SSSR count). The summed E-state index contributed by atoms with van der Waals surface area (Å²) in [5.74, 6) is -0.318. The standard InChI is InChI=1S/C22H26FN3O2S/c1-14-19(29-20(24-14)16-8-4-5-9-17(16)23)21(28)25-12-7-11-22(3)18(25)10-6-13-26(22)15(2)27/h4-5,8-9,18H,6-7,10-13H2,1-3H3/t18-,22-/m0/s1. The number of nitrogens with zero attached hydrogens (tertiary/aromatic N) is 3. The molecule has 0 N–H and O–H groups in total. The average molecular weight is 416 g/mol. The van der Waals surface area contributed by atoms with Crippen molar-refractivity contribution in [3.05, 3.63) is 40.7 Å². The Morgan fingerprint density at radius 2 is 2.00 bits per heavy atom. The van der Waals surface area contributed by atoms with Gasteiger partial charge in [-0.25, -0.2) is 9.37 Å². The summed E-state index contributed by atoms with van der Waals surface area (Å²) >= 11 is 1.25. The van der Waals surface area contributed by atoms with Crippen LogP contribution in [0.5, 0.6) is 0 Å². The molecular formula is C22H26FN3O2S. The van der Waals surface area contributed by atoms with Crippen molar-refractivity contribution in [1.82, 2.24) is 14.8 Å². The van der Waals surface area contributed by atoms with Crippen LogP contribution >= 0.6 is 11.3 Å². The molecule has 5 nitrogen and oxygen atoms in total. The fraction of sp³-hybridized carbons (Fsp3) is 0.500. The third-order valence-corrected chi connectivity index (χ3v) is 7.57. The Morgan fingerprint density at radius 3 is 2.72 bits per heavy atom. The van der Waals surface area contributed by atoms with Crippen molar-refractivity contribution in [2.75, 3.05) is 13.1 Å². The van der Waals surface area contributed by atoms with Gasteiger partial charge in [-0.05, 0) is 51.7 Å². The van der Waals surface area contributed by atoms with Crippen molar-refractivity contribution in [2.24, 2.45) is 0 Å². The van der Waals surface area contributed by atoms with Crippen LogP contribution in [0.4, 0.5) is 4.39 Å². The van der Waals surface area contributed by atoms with Gasteiger partial charge in [-0.15, -0.1) is 11.3 Å². The van der Waals surface area contributed by atoms with Crippen LogP contribution in [0.2, 0.25) is 0 Å². The number of carbonyl (C=O) groups is 2. The van der Waals surface area contributed by atoms with Crippen molar-refractivity contribution < 1.29 is 14.0 Å². The van der Waals surface area contributed by atoms with E-state index in [0.717, 1.165) is 32.2 Å². The van der Waals surface area contributed by atoms with Gasteiger partial charge in [-0.1, -0.05) is 12.1 Å². The van der Waals surface area contributed by atoms with E-state index in [4.69, 9.17) is 0 Å². The van der Waals surface area contributed by atoms with Gasteiger partial charge in [0, 0.05) is 25.6 Å². The summed E-state index contributed by atoms with van der Waals surface area (Å²) in [5, 5.41) is 0.526. The highest BCUT2D eigenvalue weighted by atomic mass is 32.1. The lowest BCUT2D eigenvalue weighted by Gasteiger charge is -2.56. The van der Waals surface area contributed by atoms with Gasteiger partial charge in [0.2, 0.25) is 5.91 Å². The van der Waals surface area contributed by atoms with Gasteiger partial charge in [-0.3, -0.25) is 9.59 Å². The van der Waals surface area contributed by atoms with Gasteiger partial charge in [0.25, 0.3) is 5.91 Å². The quantitative estimate of drug-likeness (QED) is 0.736. The highest BCUT2D eigenvalue weighted by molar-refractivity contribution is 7.17. The lowest BCUT2D eigenvalue weighted by molar-refractivity contribution is -0.143. The topological polar surface area (TPSA) is 53.5 Å².